The molecule has 0 spiro atoms. The Morgan fingerprint density at radius 1 is 1.23 bits per heavy atom. The summed E-state index contributed by atoms with van der Waals surface area (Å²) in [5.41, 5.74) is 0.957. The van der Waals surface area contributed by atoms with Crippen molar-refractivity contribution in [3.05, 3.63) is 35.9 Å². The maximum atomic E-state index is 11.9. The highest BCUT2D eigenvalue weighted by Crippen LogP contribution is 2.25. The molecular weight excluding hydrogens is 346 g/mol. The van der Waals surface area contributed by atoms with Gasteiger partial charge in [-0.3, -0.25) is 4.79 Å². The molecule has 1 unspecified atom stereocenters. The van der Waals surface area contributed by atoms with Crippen LogP contribution in [0, 0.1) is 11.3 Å². The molecule has 0 bridgehead atoms. The maximum absolute atomic E-state index is 11.9. The average Bonchev–Trinajstić information content (AvgIpc) is 2.48. The molecule has 1 rings (SSSR count). The van der Waals surface area contributed by atoms with E-state index in [0.717, 1.165) is 12.0 Å². The highest BCUT2D eigenvalue weighted by molar-refractivity contribution is 9.09. The van der Waals surface area contributed by atoms with Crippen LogP contribution in [0.2, 0.25) is 0 Å². The van der Waals surface area contributed by atoms with E-state index in [1.165, 1.54) is 0 Å². The predicted molar refractivity (Wildman–Crippen MR) is 91.0 cm³/mol. The molecule has 1 N–H and O–H groups in total. The van der Waals surface area contributed by atoms with E-state index < -0.39 is 6.09 Å². The Bertz CT molecular complexity index is 482. The third kappa shape index (κ3) is 7.59. The number of carbonyl (C=O) groups is 2. The molecule has 0 radical (unpaired) electrons. The van der Waals surface area contributed by atoms with Crippen molar-refractivity contribution in [3.63, 3.8) is 0 Å². The van der Waals surface area contributed by atoms with Crippen LogP contribution < -0.4 is 5.32 Å². The zero-order valence-corrected chi connectivity index (χ0v) is 15.0. The first-order chi connectivity index (χ1) is 10.3. The summed E-state index contributed by atoms with van der Waals surface area (Å²) in [7, 11) is 0. The van der Waals surface area contributed by atoms with Crippen molar-refractivity contribution in [1.29, 1.82) is 0 Å². The molecule has 5 heteroatoms. The number of Topliss-reactive ketones (excluding diaryl/α,β-unsaturated/α-hetero) is 1. The second-order valence-corrected chi connectivity index (χ2v) is 7.07. The molecule has 0 saturated heterocycles. The molecule has 4 nitrogen and oxygen atoms in total. The van der Waals surface area contributed by atoms with Crippen LogP contribution in [0.4, 0.5) is 4.79 Å². The van der Waals surface area contributed by atoms with Gasteiger partial charge in [0.1, 0.15) is 12.4 Å². The topological polar surface area (TPSA) is 55.4 Å². The number of hydrogen-bond donors (Lipinski definition) is 1. The second-order valence-electron chi connectivity index (χ2n) is 6.50. The average molecular weight is 370 g/mol. The molecule has 22 heavy (non-hydrogen) atoms. The Hall–Kier alpha value is -1.36. The van der Waals surface area contributed by atoms with Gasteiger partial charge in [0.2, 0.25) is 0 Å². The Morgan fingerprint density at radius 3 is 2.41 bits per heavy atom. The molecular formula is C17H24BrNO3. The standard InChI is InChI=1S/C17H24BrNO3/c1-17(2,3)9-14(15(20)10-18)11-19-16(21)22-12-13-7-5-4-6-8-13/h4-8,14H,9-12H2,1-3H3,(H,19,21). The fourth-order valence-corrected chi connectivity index (χ4v) is 2.59. The lowest BCUT2D eigenvalue weighted by Crippen LogP contribution is -2.35. The molecule has 0 aliphatic rings. The highest BCUT2D eigenvalue weighted by atomic mass is 79.9. The molecule has 1 atom stereocenters. The summed E-state index contributed by atoms with van der Waals surface area (Å²) in [5, 5.41) is 2.99. The zero-order valence-electron chi connectivity index (χ0n) is 13.4. The second kappa shape index (κ2) is 8.93. The summed E-state index contributed by atoms with van der Waals surface area (Å²) in [4.78, 5) is 23.7. The molecule has 0 aromatic heterocycles. The number of carbonyl (C=O) groups excluding carboxylic acids is 2. The van der Waals surface area contributed by atoms with Crippen LogP contribution in [0.3, 0.4) is 0 Å². The van der Waals surface area contributed by atoms with E-state index in [-0.39, 0.29) is 23.7 Å². The summed E-state index contributed by atoms with van der Waals surface area (Å²) in [5.74, 6) is -0.109. The van der Waals surface area contributed by atoms with E-state index in [1.54, 1.807) is 0 Å². The summed E-state index contributed by atoms with van der Waals surface area (Å²) in [6.07, 6.45) is 0.223. The van der Waals surface area contributed by atoms with E-state index in [4.69, 9.17) is 4.74 Å². The Morgan fingerprint density at radius 2 is 1.86 bits per heavy atom. The summed E-state index contributed by atoms with van der Waals surface area (Å²) in [6.45, 7) is 6.76. The van der Waals surface area contributed by atoms with Gasteiger partial charge in [0.05, 0.1) is 5.33 Å². The van der Waals surface area contributed by atoms with E-state index in [0.29, 0.717) is 11.9 Å². The lowest BCUT2D eigenvalue weighted by atomic mass is 9.83. The molecule has 0 aliphatic carbocycles. The van der Waals surface area contributed by atoms with Crippen molar-refractivity contribution in [2.45, 2.75) is 33.8 Å². The van der Waals surface area contributed by atoms with Crippen molar-refractivity contribution in [3.8, 4) is 0 Å². The fourth-order valence-electron chi connectivity index (χ4n) is 2.13. The number of amides is 1. The predicted octanol–water partition coefficient (Wildman–Crippen LogP) is 3.93. The molecule has 1 aromatic carbocycles. The molecule has 0 fully saturated rings. The minimum Gasteiger partial charge on any atom is -0.445 e. The third-order valence-corrected chi connectivity index (χ3v) is 3.70. The van der Waals surface area contributed by atoms with Crippen LogP contribution in [0.25, 0.3) is 0 Å². The zero-order chi connectivity index (χ0) is 16.6. The van der Waals surface area contributed by atoms with Gasteiger partial charge < -0.3 is 10.1 Å². The van der Waals surface area contributed by atoms with Gasteiger partial charge in [-0.1, -0.05) is 67.0 Å². The van der Waals surface area contributed by atoms with Gasteiger partial charge in [0, 0.05) is 12.5 Å². The Labute approximate surface area is 140 Å². The first-order valence-electron chi connectivity index (χ1n) is 7.35. The van der Waals surface area contributed by atoms with Gasteiger partial charge in [-0.15, -0.1) is 0 Å². The number of benzene rings is 1. The number of ether oxygens (including phenoxy) is 1. The smallest absolute Gasteiger partial charge is 0.407 e. The van der Waals surface area contributed by atoms with Crippen LogP contribution in [0.1, 0.15) is 32.8 Å². The van der Waals surface area contributed by atoms with Gasteiger partial charge in [-0.05, 0) is 17.4 Å². The van der Waals surface area contributed by atoms with E-state index >= 15 is 0 Å². The van der Waals surface area contributed by atoms with Crippen molar-refractivity contribution >= 4 is 27.8 Å². The van der Waals surface area contributed by atoms with Crippen LogP contribution in [0.15, 0.2) is 30.3 Å². The summed E-state index contributed by atoms with van der Waals surface area (Å²) in [6, 6.07) is 9.48. The summed E-state index contributed by atoms with van der Waals surface area (Å²) >= 11 is 3.20. The number of alkyl halides is 1. The summed E-state index contributed by atoms with van der Waals surface area (Å²) < 4.78 is 5.15. The Kier molecular flexibility index (Phi) is 7.59. The molecule has 0 aliphatic heterocycles. The SMILES string of the molecule is CC(C)(C)CC(CNC(=O)OCc1ccccc1)C(=O)CBr. The van der Waals surface area contributed by atoms with Crippen LogP contribution >= 0.6 is 15.9 Å². The third-order valence-electron chi connectivity index (χ3n) is 3.15. The van der Waals surface area contributed by atoms with E-state index in [9.17, 15) is 9.59 Å². The van der Waals surface area contributed by atoms with Gasteiger partial charge in [0.15, 0.2) is 0 Å². The van der Waals surface area contributed by atoms with Crippen molar-refractivity contribution < 1.29 is 14.3 Å². The van der Waals surface area contributed by atoms with Crippen molar-refractivity contribution in [2.75, 3.05) is 11.9 Å². The molecule has 122 valence electrons. The van der Waals surface area contributed by atoms with Gasteiger partial charge in [-0.2, -0.15) is 0 Å². The first kappa shape index (κ1) is 18.7. The normalized spacial score (nSPS) is 12.5. The van der Waals surface area contributed by atoms with Crippen LogP contribution in [-0.2, 0) is 16.1 Å². The van der Waals surface area contributed by atoms with Crippen molar-refractivity contribution in [2.24, 2.45) is 11.3 Å². The lowest BCUT2D eigenvalue weighted by molar-refractivity contribution is -0.120. The quantitative estimate of drug-likeness (QED) is 0.740. The molecule has 1 aromatic rings. The van der Waals surface area contributed by atoms with Crippen LogP contribution in [-0.4, -0.2) is 23.8 Å². The first-order valence-corrected chi connectivity index (χ1v) is 8.47. The highest BCUT2D eigenvalue weighted by Gasteiger charge is 2.24. The lowest BCUT2D eigenvalue weighted by Gasteiger charge is -2.24. The number of hydrogen-bond acceptors (Lipinski definition) is 3. The number of alkyl carbamates (subject to hydrolysis) is 1. The molecule has 0 heterocycles. The molecule has 0 saturated carbocycles. The fraction of sp³-hybridized carbons (Fsp3) is 0.529. The number of nitrogens with one attached hydrogen (secondary N) is 1. The minimum atomic E-state index is -0.495. The van der Waals surface area contributed by atoms with Gasteiger partial charge in [-0.25, -0.2) is 4.79 Å². The van der Waals surface area contributed by atoms with Crippen molar-refractivity contribution in [1.82, 2.24) is 5.32 Å². The number of ketones is 1. The minimum absolute atomic E-state index is 0.0259. The molecule has 1 amide bonds. The largest absolute Gasteiger partial charge is 0.445 e. The van der Waals surface area contributed by atoms with Gasteiger partial charge in [0.25, 0.3) is 0 Å². The monoisotopic (exact) mass is 369 g/mol. The Balaban J connectivity index is 2.43. The van der Waals surface area contributed by atoms with E-state index in [1.807, 2.05) is 30.3 Å². The number of halogens is 1. The van der Waals surface area contributed by atoms with Crippen LogP contribution in [0.5, 0.6) is 0 Å². The maximum Gasteiger partial charge on any atom is 0.407 e. The van der Waals surface area contributed by atoms with Gasteiger partial charge >= 0.3 is 6.09 Å². The van der Waals surface area contributed by atoms with E-state index in [2.05, 4.69) is 42.0 Å². The number of rotatable bonds is 7.